The molecule has 3 N–H and O–H groups in total. The third-order valence-corrected chi connectivity index (χ3v) is 8.79. The van der Waals surface area contributed by atoms with E-state index in [2.05, 4.69) is 16.8 Å². The van der Waals surface area contributed by atoms with Gasteiger partial charge in [-0.3, -0.25) is 13.9 Å². The molecule has 0 amide bonds. The van der Waals surface area contributed by atoms with Gasteiger partial charge in [-0.05, 0) is 38.2 Å². The van der Waals surface area contributed by atoms with Crippen molar-refractivity contribution >= 4 is 7.60 Å². The fourth-order valence-corrected chi connectivity index (χ4v) is 5.98. The Kier molecular flexibility index (Phi) is 7.36. The smallest absolute Gasteiger partial charge is 0.362 e. The van der Waals surface area contributed by atoms with Gasteiger partial charge in [0.25, 0.3) is 0 Å². The molecule has 0 aliphatic carbocycles. The number of hydrogen-bond acceptors (Lipinski definition) is 6. The normalized spacial score (nSPS) is 31.6. The molecule has 0 spiro atoms. The molecule has 0 saturated carbocycles. The largest absolute Gasteiger partial charge is 0.387 e. The average molecular weight is 471 g/mol. The van der Waals surface area contributed by atoms with Crippen molar-refractivity contribution in [3.05, 3.63) is 33.7 Å². The van der Waals surface area contributed by atoms with E-state index in [-0.39, 0.29) is 24.3 Å². The lowest BCUT2D eigenvalue weighted by Crippen LogP contribution is -2.40. The summed E-state index contributed by atoms with van der Waals surface area (Å²) in [6, 6.07) is 2.69. The molecule has 1 aromatic heterocycles. The molecular formula is C22H31FNO7P. The molecule has 6 atom stereocenters. The lowest BCUT2D eigenvalue weighted by molar-refractivity contribution is -0.0569. The average Bonchev–Trinajstić information content (AvgIpc) is 3.53. The number of aromatic amines is 1. The van der Waals surface area contributed by atoms with Crippen LogP contribution in [0.25, 0.3) is 0 Å². The van der Waals surface area contributed by atoms with Crippen molar-refractivity contribution in [1.82, 2.24) is 4.98 Å². The Morgan fingerprint density at radius 1 is 1.38 bits per heavy atom. The summed E-state index contributed by atoms with van der Waals surface area (Å²) < 4.78 is 45.1. The zero-order valence-corrected chi connectivity index (χ0v) is 19.7. The molecule has 1 aromatic rings. The van der Waals surface area contributed by atoms with E-state index in [4.69, 9.17) is 14.0 Å². The second-order valence-corrected chi connectivity index (χ2v) is 10.4. The van der Waals surface area contributed by atoms with Gasteiger partial charge in [0.05, 0.1) is 24.0 Å². The zero-order chi connectivity index (χ0) is 23.7. The van der Waals surface area contributed by atoms with Crippen molar-refractivity contribution in [2.45, 2.75) is 88.8 Å². The maximum absolute atomic E-state index is 15.1. The van der Waals surface area contributed by atoms with Crippen molar-refractivity contribution in [1.29, 1.82) is 0 Å². The second-order valence-electron chi connectivity index (χ2n) is 8.35. The van der Waals surface area contributed by atoms with E-state index in [1.54, 1.807) is 27.7 Å². The quantitative estimate of drug-likeness (QED) is 0.287. The minimum Gasteiger partial charge on any atom is -0.387 e. The van der Waals surface area contributed by atoms with Crippen LogP contribution in [0, 0.1) is 11.8 Å². The van der Waals surface area contributed by atoms with E-state index in [1.807, 2.05) is 0 Å². The molecule has 32 heavy (non-hydrogen) atoms. The third kappa shape index (κ3) is 4.58. The van der Waals surface area contributed by atoms with Crippen molar-refractivity contribution in [3.8, 4) is 11.8 Å². The lowest BCUT2D eigenvalue weighted by atomic mass is 9.88. The molecule has 0 radical (unpaired) electrons. The van der Waals surface area contributed by atoms with Crippen molar-refractivity contribution < 1.29 is 33.0 Å². The summed E-state index contributed by atoms with van der Waals surface area (Å²) in [6.07, 6.45) is -4.34. The molecule has 0 bridgehead atoms. The van der Waals surface area contributed by atoms with E-state index in [9.17, 15) is 19.4 Å². The van der Waals surface area contributed by atoms with Crippen molar-refractivity contribution in [3.63, 3.8) is 0 Å². The maximum atomic E-state index is 15.1. The van der Waals surface area contributed by atoms with Gasteiger partial charge in [0, 0.05) is 18.1 Å². The van der Waals surface area contributed by atoms with Crippen LogP contribution < -0.4 is 5.56 Å². The Bertz CT molecular complexity index is 992. The van der Waals surface area contributed by atoms with Crippen LogP contribution in [0.5, 0.6) is 0 Å². The Morgan fingerprint density at radius 3 is 2.56 bits per heavy atom. The standard InChI is InChI=1S/C22H31FNO7P/c1-5-9-15-14(10-11-17(25)24-15)20-18(23)19(26)16(30-20)12-21(6-2,7-3)31-32(27,28)22(8-4)13-29-22/h10-11,16,18-20,26H,6-8,12-13H2,1-4H3,(H,24,25)(H,27,28). The van der Waals surface area contributed by atoms with E-state index >= 15 is 4.39 Å². The van der Waals surface area contributed by atoms with Gasteiger partial charge in [0.1, 0.15) is 12.2 Å². The minimum absolute atomic E-state index is 0.0145. The van der Waals surface area contributed by atoms with Crippen molar-refractivity contribution in [2.24, 2.45) is 0 Å². The molecule has 10 heteroatoms. The first-order valence-corrected chi connectivity index (χ1v) is 12.5. The monoisotopic (exact) mass is 471 g/mol. The summed E-state index contributed by atoms with van der Waals surface area (Å²) in [5, 5.41) is 9.41. The SMILES string of the molecule is CC#Cc1[nH]c(=O)ccc1C1OC(CC(CC)(CC)OP(=O)(O)C2(CC)CO2)C(O)C1F. The summed E-state index contributed by atoms with van der Waals surface area (Å²) >= 11 is 0. The van der Waals surface area contributed by atoms with Crippen LogP contribution in [0.15, 0.2) is 16.9 Å². The highest BCUT2D eigenvalue weighted by Gasteiger charge is 2.62. The van der Waals surface area contributed by atoms with Gasteiger partial charge in [-0.15, -0.1) is 0 Å². The highest BCUT2D eigenvalue weighted by atomic mass is 31.2. The van der Waals surface area contributed by atoms with Crippen LogP contribution in [0.2, 0.25) is 0 Å². The Hall–Kier alpha value is -1.53. The summed E-state index contributed by atoms with van der Waals surface area (Å²) in [4.78, 5) is 24.9. The number of pyridine rings is 1. The van der Waals surface area contributed by atoms with Gasteiger partial charge in [0.2, 0.25) is 5.56 Å². The van der Waals surface area contributed by atoms with Crippen LogP contribution in [0.1, 0.15) is 70.7 Å². The van der Waals surface area contributed by atoms with E-state index in [1.165, 1.54) is 12.1 Å². The highest BCUT2D eigenvalue weighted by Crippen LogP contribution is 2.67. The van der Waals surface area contributed by atoms with E-state index in [0.29, 0.717) is 24.8 Å². The number of ether oxygens (including phenoxy) is 2. The highest BCUT2D eigenvalue weighted by molar-refractivity contribution is 7.54. The number of epoxide rings is 1. The van der Waals surface area contributed by atoms with Gasteiger partial charge in [0.15, 0.2) is 11.5 Å². The number of aliphatic hydroxyl groups is 1. The minimum atomic E-state index is -4.14. The van der Waals surface area contributed by atoms with Gasteiger partial charge in [-0.2, -0.15) is 0 Å². The fraction of sp³-hybridized carbons (Fsp3) is 0.682. The van der Waals surface area contributed by atoms with E-state index < -0.39 is 43.0 Å². The van der Waals surface area contributed by atoms with Gasteiger partial charge < -0.3 is 24.5 Å². The summed E-state index contributed by atoms with van der Waals surface area (Å²) in [5.41, 5.74) is -0.941. The van der Waals surface area contributed by atoms with Gasteiger partial charge in [-0.25, -0.2) is 4.39 Å². The molecule has 2 fully saturated rings. The zero-order valence-electron chi connectivity index (χ0n) is 18.8. The number of rotatable bonds is 9. The number of aliphatic hydroxyl groups excluding tert-OH is 1. The first-order chi connectivity index (χ1) is 15.1. The topological polar surface area (TPSA) is 121 Å². The fourth-order valence-electron chi connectivity index (χ4n) is 4.16. The number of hydrogen-bond donors (Lipinski definition) is 3. The molecule has 8 nitrogen and oxygen atoms in total. The first kappa shape index (κ1) is 25.1. The van der Waals surface area contributed by atoms with Crippen LogP contribution in [0.3, 0.4) is 0 Å². The van der Waals surface area contributed by atoms with Gasteiger partial charge >= 0.3 is 7.60 Å². The van der Waals surface area contributed by atoms with Crippen LogP contribution in [-0.4, -0.2) is 50.9 Å². The predicted octanol–water partition coefficient (Wildman–Crippen LogP) is 3.17. The summed E-state index contributed by atoms with van der Waals surface area (Å²) in [7, 11) is -4.14. The molecule has 2 aliphatic heterocycles. The molecule has 3 heterocycles. The molecule has 2 saturated heterocycles. The molecule has 178 valence electrons. The number of aromatic nitrogens is 1. The van der Waals surface area contributed by atoms with Crippen LogP contribution >= 0.6 is 7.60 Å². The maximum Gasteiger partial charge on any atom is 0.362 e. The molecule has 3 rings (SSSR count). The number of halogens is 1. The molecule has 6 unspecified atom stereocenters. The number of nitrogens with one attached hydrogen (secondary N) is 1. The van der Waals surface area contributed by atoms with E-state index in [0.717, 1.165) is 0 Å². The summed E-state index contributed by atoms with van der Waals surface area (Å²) in [6.45, 7) is 7.09. The first-order valence-electron chi connectivity index (χ1n) is 10.9. The summed E-state index contributed by atoms with van der Waals surface area (Å²) in [5.74, 6) is 5.40. The second kappa shape index (κ2) is 9.38. The molecule has 0 aromatic carbocycles. The van der Waals surface area contributed by atoms with Crippen LogP contribution in [0.4, 0.5) is 4.39 Å². The number of alkyl halides is 1. The van der Waals surface area contributed by atoms with Gasteiger partial charge in [-0.1, -0.05) is 26.7 Å². The molecule has 2 aliphatic rings. The molecular weight excluding hydrogens is 440 g/mol. The Balaban J connectivity index is 1.85. The van der Waals surface area contributed by atoms with Crippen LogP contribution in [-0.2, 0) is 18.6 Å². The Labute approximate surface area is 187 Å². The lowest BCUT2D eigenvalue weighted by Gasteiger charge is -2.37. The number of H-pyrrole nitrogens is 1. The Morgan fingerprint density at radius 2 is 2.03 bits per heavy atom. The third-order valence-electron chi connectivity index (χ3n) is 6.55. The predicted molar refractivity (Wildman–Crippen MR) is 116 cm³/mol. The van der Waals surface area contributed by atoms with Crippen molar-refractivity contribution in [2.75, 3.05) is 6.61 Å².